The molecule has 1 aliphatic rings. The highest BCUT2D eigenvalue weighted by molar-refractivity contribution is 7.92. The van der Waals surface area contributed by atoms with Gasteiger partial charge in [-0.2, -0.15) is 0 Å². The fourth-order valence-electron chi connectivity index (χ4n) is 3.88. The van der Waals surface area contributed by atoms with E-state index in [-0.39, 0.29) is 22.5 Å². The molecule has 3 heterocycles. The second-order valence-corrected chi connectivity index (χ2v) is 10.4. The van der Waals surface area contributed by atoms with Gasteiger partial charge >= 0.3 is 0 Å². The van der Waals surface area contributed by atoms with Crippen LogP contribution >= 0.6 is 22.9 Å². The van der Waals surface area contributed by atoms with Crippen molar-refractivity contribution in [3.8, 4) is 21.8 Å². The second-order valence-electron chi connectivity index (χ2n) is 7.92. The molecule has 1 atom stereocenters. The molecule has 0 saturated carbocycles. The average molecular weight is 551 g/mol. The summed E-state index contributed by atoms with van der Waals surface area (Å²) in [6.07, 6.45) is 3.07. The van der Waals surface area contributed by atoms with E-state index in [1.807, 2.05) is 0 Å². The number of thiazole rings is 1. The van der Waals surface area contributed by atoms with Crippen LogP contribution in [0.5, 0.6) is 0 Å². The van der Waals surface area contributed by atoms with E-state index in [1.54, 1.807) is 12.1 Å². The Labute approximate surface area is 216 Å². The molecule has 1 fully saturated rings. The molecule has 4 aromatic rings. The minimum atomic E-state index is -2.39. The zero-order valence-corrected chi connectivity index (χ0v) is 20.9. The van der Waals surface area contributed by atoms with Gasteiger partial charge in [0, 0.05) is 30.9 Å². The Balaban J connectivity index is 1.56. The molecular weight excluding hydrogens is 533 g/mol. The molecule has 0 aliphatic carbocycles. The Morgan fingerprint density at radius 3 is 2.47 bits per heavy atom. The van der Waals surface area contributed by atoms with Gasteiger partial charge in [-0.3, -0.25) is 0 Å². The van der Waals surface area contributed by atoms with Crippen molar-refractivity contribution in [3.63, 3.8) is 0 Å². The molecule has 36 heavy (non-hydrogen) atoms. The van der Waals surface area contributed by atoms with Crippen LogP contribution in [0, 0.1) is 17.5 Å². The summed E-state index contributed by atoms with van der Waals surface area (Å²) in [7, 11) is 0. The predicted molar refractivity (Wildman–Crippen MR) is 133 cm³/mol. The third-order valence-corrected chi connectivity index (χ3v) is 8.22. The van der Waals surface area contributed by atoms with Crippen LogP contribution in [0.25, 0.3) is 21.8 Å². The van der Waals surface area contributed by atoms with E-state index in [4.69, 9.17) is 21.3 Å². The van der Waals surface area contributed by atoms with Gasteiger partial charge < -0.3 is 9.29 Å². The highest BCUT2D eigenvalue weighted by atomic mass is 35.5. The number of aromatic nitrogens is 3. The first-order chi connectivity index (χ1) is 17.4. The standard InChI is InChI=1S/C24H18ClF3N4O2S2/c25-24-29-10-7-18(30-24)21-20(31-23(35-21)13-8-11-34-12-9-13)14-3-1-6-17(19(14)28)32-36(33)22-15(26)4-2-5-16(22)27/h1-7,10,13,32H,8-9,11-12H2. The van der Waals surface area contributed by atoms with E-state index in [2.05, 4.69) is 14.7 Å². The zero-order chi connectivity index (χ0) is 25.2. The summed E-state index contributed by atoms with van der Waals surface area (Å²) in [5.41, 5.74) is 0.738. The topological polar surface area (TPSA) is 83.0 Å². The molecule has 6 nitrogen and oxygen atoms in total. The molecule has 12 heteroatoms. The second kappa shape index (κ2) is 10.7. The predicted octanol–water partition coefficient (Wildman–Crippen LogP) is 6.37. The lowest BCUT2D eigenvalue weighted by Crippen LogP contribution is -2.17. The monoisotopic (exact) mass is 550 g/mol. The summed E-state index contributed by atoms with van der Waals surface area (Å²) in [5.74, 6) is -2.62. The van der Waals surface area contributed by atoms with Gasteiger partial charge in [0.1, 0.15) is 17.0 Å². The molecular formula is C24H18ClF3N4O2S2. The van der Waals surface area contributed by atoms with E-state index in [9.17, 15) is 13.3 Å². The molecule has 1 unspecified atom stereocenters. The van der Waals surface area contributed by atoms with Crippen molar-refractivity contribution < 1.29 is 22.5 Å². The average Bonchev–Trinajstić information content (AvgIpc) is 3.31. The summed E-state index contributed by atoms with van der Waals surface area (Å²) in [5, 5.41) is 0.852. The number of halogens is 4. The van der Waals surface area contributed by atoms with Gasteiger partial charge in [0.05, 0.1) is 21.3 Å². The number of rotatable bonds is 6. The van der Waals surface area contributed by atoms with Crippen molar-refractivity contribution in [1.29, 1.82) is 0 Å². The van der Waals surface area contributed by atoms with Gasteiger partial charge in [-0.05, 0) is 54.8 Å². The molecule has 0 amide bonds. The number of nitrogens with zero attached hydrogens (tertiary/aromatic N) is 3. The van der Waals surface area contributed by atoms with Crippen molar-refractivity contribution in [2.75, 3.05) is 17.9 Å². The maximum atomic E-state index is 15.8. The summed E-state index contributed by atoms with van der Waals surface area (Å²) in [4.78, 5) is 12.9. The van der Waals surface area contributed by atoms with Crippen LogP contribution in [0.15, 0.2) is 53.6 Å². The number of hydrogen-bond donors (Lipinski definition) is 1. The molecule has 1 saturated heterocycles. The quantitative estimate of drug-likeness (QED) is 0.222. The Morgan fingerprint density at radius 2 is 1.75 bits per heavy atom. The Bertz CT molecular complexity index is 1380. The lowest BCUT2D eigenvalue weighted by atomic mass is 10.0. The third kappa shape index (κ3) is 5.07. The highest BCUT2D eigenvalue weighted by Crippen LogP contribution is 2.42. The van der Waals surface area contributed by atoms with Crippen LogP contribution in [0.1, 0.15) is 23.8 Å². The number of anilines is 1. The molecule has 1 N–H and O–H groups in total. The van der Waals surface area contributed by atoms with E-state index in [1.165, 1.54) is 29.7 Å². The normalized spacial score (nSPS) is 15.1. The number of ether oxygens (including phenoxy) is 1. The molecule has 1 aliphatic heterocycles. The zero-order valence-electron chi connectivity index (χ0n) is 18.5. The SMILES string of the molecule is [O-][S+](Nc1cccc(-c2nc(C3CCOCC3)sc2-c2ccnc(Cl)n2)c1F)c1c(F)cccc1F. The lowest BCUT2D eigenvalue weighted by molar-refractivity contribution is 0.0853. The van der Waals surface area contributed by atoms with Crippen molar-refractivity contribution in [2.24, 2.45) is 0 Å². The van der Waals surface area contributed by atoms with E-state index >= 15 is 4.39 Å². The summed E-state index contributed by atoms with van der Waals surface area (Å²) in [6, 6.07) is 9.19. The van der Waals surface area contributed by atoms with Gasteiger partial charge in [0.2, 0.25) is 5.28 Å². The molecule has 2 aromatic carbocycles. The van der Waals surface area contributed by atoms with E-state index in [0.29, 0.717) is 29.5 Å². The summed E-state index contributed by atoms with van der Waals surface area (Å²) in [6.45, 7) is 1.22. The van der Waals surface area contributed by atoms with Crippen LogP contribution in [0.4, 0.5) is 18.9 Å². The highest BCUT2D eigenvalue weighted by Gasteiger charge is 2.28. The van der Waals surface area contributed by atoms with Crippen molar-refractivity contribution >= 4 is 40.0 Å². The summed E-state index contributed by atoms with van der Waals surface area (Å²) >= 11 is 5.02. The summed E-state index contributed by atoms with van der Waals surface area (Å²) < 4.78 is 64.5. The largest absolute Gasteiger partial charge is 0.588 e. The first-order valence-corrected chi connectivity index (χ1v) is 13.3. The van der Waals surface area contributed by atoms with Crippen LogP contribution < -0.4 is 4.72 Å². The minimum absolute atomic E-state index is 0.0395. The molecule has 2 aromatic heterocycles. The van der Waals surface area contributed by atoms with Gasteiger partial charge in [0.15, 0.2) is 17.5 Å². The Kier molecular flexibility index (Phi) is 7.44. The lowest BCUT2D eigenvalue weighted by Gasteiger charge is -2.19. The van der Waals surface area contributed by atoms with Crippen LogP contribution in [-0.2, 0) is 16.1 Å². The molecule has 5 rings (SSSR count). The molecule has 0 spiro atoms. The fraction of sp³-hybridized carbons (Fsp3) is 0.208. The Hall–Kier alpha value is -2.70. The number of hydrogen-bond acceptors (Lipinski definition) is 7. The maximum absolute atomic E-state index is 15.8. The van der Waals surface area contributed by atoms with Gasteiger partial charge in [-0.25, -0.2) is 32.8 Å². The smallest absolute Gasteiger partial charge is 0.250 e. The number of benzene rings is 2. The van der Waals surface area contributed by atoms with Gasteiger partial charge in [-0.1, -0.05) is 12.1 Å². The van der Waals surface area contributed by atoms with Crippen molar-refractivity contribution in [2.45, 2.75) is 23.7 Å². The van der Waals surface area contributed by atoms with Crippen LogP contribution in [0.3, 0.4) is 0 Å². The van der Waals surface area contributed by atoms with Gasteiger partial charge in [0.25, 0.3) is 4.90 Å². The van der Waals surface area contributed by atoms with Crippen molar-refractivity contribution in [1.82, 2.24) is 15.0 Å². The van der Waals surface area contributed by atoms with Crippen LogP contribution in [-0.4, -0.2) is 32.7 Å². The molecule has 0 bridgehead atoms. The molecule has 0 radical (unpaired) electrons. The third-order valence-electron chi connectivity index (χ3n) is 5.63. The van der Waals surface area contributed by atoms with Crippen molar-refractivity contribution in [3.05, 3.63) is 76.4 Å². The van der Waals surface area contributed by atoms with E-state index in [0.717, 1.165) is 36.0 Å². The van der Waals surface area contributed by atoms with Gasteiger partial charge in [-0.15, -0.1) is 11.3 Å². The number of nitrogens with one attached hydrogen (secondary N) is 1. The van der Waals surface area contributed by atoms with E-state index < -0.39 is 33.7 Å². The Morgan fingerprint density at radius 1 is 1.03 bits per heavy atom. The maximum Gasteiger partial charge on any atom is 0.250 e. The first-order valence-electron chi connectivity index (χ1n) is 10.9. The van der Waals surface area contributed by atoms with Crippen LogP contribution in [0.2, 0.25) is 5.28 Å². The molecule has 186 valence electrons. The fourth-order valence-corrected chi connectivity index (χ4v) is 6.19. The first kappa shape index (κ1) is 25.0. The minimum Gasteiger partial charge on any atom is -0.588 e.